The molecule has 0 heterocycles. The molecule has 0 fully saturated rings. The molecule has 2 aromatic rings. The van der Waals surface area contributed by atoms with Crippen LogP contribution in [-0.2, 0) is 6.54 Å². The van der Waals surface area contributed by atoms with Gasteiger partial charge in [0.25, 0.3) is 0 Å². The first-order valence-electron chi connectivity index (χ1n) is 5.97. The quantitative estimate of drug-likeness (QED) is 0.804. The SMILES string of the molecule is Clc1ccc(CNCCOc2ccccc2)cc1. The molecule has 18 heavy (non-hydrogen) atoms. The monoisotopic (exact) mass is 261 g/mol. The fourth-order valence-corrected chi connectivity index (χ4v) is 1.72. The highest BCUT2D eigenvalue weighted by molar-refractivity contribution is 6.30. The average molecular weight is 262 g/mol. The van der Waals surface area contributed by atoms with Crippen molar-refractivity contribution < 1.29 is 4.74 Å². The van der Waals surface area contributed by atoms with Gasteiger partial charge >= 0.3 is 0 Å². The van der Waals surface area contributed by atoms with Gasteiger partial charge in [-0.25, -0.2) is 0 Å². The molecule has 0 bridgehead atoms. The van der Waals surface area contributed by atoms with Crippen LogP contribution in [0, 0.1) is 0 Å². The highest BCUT2D eigenvalue weighted by Gasteiger charge is 1.94. The molecule has 0 saturated heterocycles. The zero-order valence-electron chi connectivity index (χ0n) is 10.1. The average Bonchev–Trinajstić information content (AvgIpc) is 2.42. The summed E-state index contributed by atoms with van der Waals surface area (Å²) in [4.78, 5) is 0. The van der Waals surface area contributed by atoms with Crippen LogP contribution in [0.15, 0.2) is 54.6 Å². The number of halogens is 1. The van der Waals surface area contributed by atoms with Gasteiger partial charge in [0.05, 0.1) is 0 Å². The molecule has 0 aromatic heterocycles. The molecule has 0 aliphatic carbocycles. The van der Waals surface area contributed by atoms with E-state index in [-0.39, 0.29) is 0 Å². The zero-order chi connectivity index (χ0) is 12.6. The molecule has 3 heteroatoms. The van der Waals surface area contributed by atoms with E-state index >= 15 is 0 Å². The molecule has 0 atom stereocenters. The molecule has 0 aliphatic rings. The Bertz CT molecular complexity index is 456. The normalized spacial score (nSPS) is 10.3. The van der Waals surface area contributed by atoms with E-state index in [0.717, 1.165) is 23.9 Å². The number of para-hydroxylation sites is 1. The van der Waals surface area contributed by atoms with E-state index in [1.165, 1.54) is 5.56 Å². The van der Waals surface area contributed by atoms with Gasteiger partial charge in [0, 0.05) is 18.1 Å². The van der Waals surface area contributed by atoms with Crippen molar-refractivity contribution in [2.75, 3.05) is 13.2 Å². The predicted octanol–water partition coefficient (Wildman–Crippen LogP) is 3.51. The molecule has 2 aromatic carbocycles. The molecule has 0 amide bonds. The number of hydrogen-bond donors (Lipinski definition) is 1. The Labute approximate surface area is 113 Å². The third-order valence-corrected chi connectivity index (χ3v) is 2.79. The maximum absolute atomic E-state index is 5.82. The van der Waals surface area contributed by atoms with Crippen LogP contribution in [0.4, 0.5) is 0 Å². The summed E-state index contributed by atoms with van der Waals surface area (Å²) < 4.78 is 5.58. The second-order valence-electron chi connectivity index (χ2n) is 3.96. The molecule has 1 N–H and O–H groups in total. The van der Waals surface area contributed by atoms with E-state index in [9.17, 15) is 0 Å². The molecule has 2 nitrogen and oxygen atoms in total. The molecule has 0 aliphatic heterocycles. The minimum absolute atomic E-state index is 0.664. The number of ether oxygens (including phenoxy) is 1. The molecule has 0 unspecified atom stereocenters. The highest BCUT2D eigenvalue weighted by Crippen LogP contribution is 2.09. The lowest BCUT2D eigenvalue weighted by Crippen LogP contribution is -2.20. The van der Waals surface area contributed by atoms with Crippen molar-refractivity contribution in [3.8, 4) is 5.75 Å². The number of benzene rings is 2. The molecule has 0 saturated carbocycles. The van der Waals surface area contributed by atoms with Crippen LogP contribution >= 0.6 is 11.6 Å². The summed E-state index contributed by atoms with van der Waals surface area (Å²) >= 11 is 5.82. The number of rotatable bonds is 6. The standard InChI is InChI=1S/C15H16ClNO/c16-14-8-6-13(7-9-14)12-17-10-11-18-15-4-2-1-3-5-15/h1-9,17H,10-12H2. The van der Waals surface area contributed by atoms with E-state index in [1.54, 1.807) is 0 Å². The van der Waals surface area contributed by atoms with Crippen LogP contribution in [0.5, 0.6) is 5.75 Å². The zero-order valence-corrected chi connectivity index (χ0v) is 10.9. The largest absolute Gasteiger partial charge is 0.492 e. The van der Waals surface area contributed by atoms with Crippen LogP contribution in [0.2, 0.25) is 5.02 Å². The first-order valence-corrected chi connectivity index (χ1v) is 6.35. The lowest BCUT2D eigenvalue weighted by Gasteiger charge is -2.07. The summed E-state index contributed by atoms with van der Waals surface area (Å²) in [7, 11) is 0. The van der Waals surface area contributed by atoms with E-state index in [0.29, 0.717) is 6.61 Å². The van der Waals surface area contributed by atoms with Gasteiger partial charge in [0.1, 0.15) is 12.4 Å². The topological polar surface area (TPSA) is 21.3 Å². The molecule has 2 rings (SSSR count). The van der Waals surface area contributed by atoms with Crippen molar-refractivity contribution in [1.29, 1.82) is 0 Å². The lowest BCUT2D eigenvalue weighted by molar-refractivity contribution is 0.313. The van der Waals surface area contributed by atoms with Crippen molar-refractivity contribution in [3.05, 3.63) is 65.2 Å². The third kappa shape index (κ3) is 4.40. The summed E-state index contributed by atoms with van der Waals surface area (Å²) in [6.07, 6.45) is 0. The van der Waals surface area contributed by atoms with E-state index in [2.05, 4.69) is 5.32 Å². The number of nitrogens with one attached hydrogen (secondary N) is 1. The second-order valence-corrected chi connectivity index (χ2v) is 4.40. The summed E-state index contributed by atoms with van der Waals surface area (Å²) in [5, 5.41) is 4.09. The fraction of sp³-hybridized carbons (Fsp3) is 0.200. The predicted molar refractivity (Wildman–Crippen MR) is 75.1 cm³/mol. The van der Waals surface area contributed by atoms with Crippen LogP contribution in [0.25, 0.3) is 0 Å². The maximum Gasteiger partial charge on any atom is 0.119 e. The van der Waals surface area contributed by atoms with Gasteiger partial charge in [-0.1, -0.05) is 41.9 Å². The van der Waals surface area contributed by atoms with E-state index in [1.807, 2.05) is 54.6 Å². The fourth-order valence-electron chi connectivity index (χ4n) is 1.59. The molecular formula is C15H16ClNO. The Morgan fingerprint density at radius 2 is 1.67 bits per heavy atom. The maximum atomic E-state index is 5.82. The van der Waals surface area contributed by atoms with Gasteiger partial charge in [-0.15, -0.1) is 0 Å². The summed E-state index contributed by atoms with van der Waals surface area (Å²) in [5.41, 5.74) is 1.22. The highest BCUT2D eigenvalue weighted by atomic mass is 35.5. The van der Waals surface area contributed by atoms with Gasteiger partial charge in [-0.05, 0) is 29.8 Å². The summed E-state index contributed by atoms with van der Waals surface area (Å²) in [6, 6.07) is 17.7. The first kappa shape index (κ1) is 12.9. The Balaban J connectivity index is 1.63. The van der Waals surface area contributed by atoms with Gasteiger partial charge < -0.3 is 10.1 Å². The van der Waals surface area contributed by atoms with Crippen molar-refractivity contribution >= 4 is 11.6 Å². The second kappa shape index (κ2) is 7.04. The van der Waals surface area contributed by atoms with Crippen molar-refractivity contribution in [2.24, 2.45) is 0 Å². The van der Waals surface area contributed by atoms with Crippen molar-refractivity contribution in [2.45, 2.75) is 6.54 Å². The van der Waals surface area contributed by atoms with Crippen LogP contribution in [-0.4, -0.2) is 13.2 Å². The Hall–Kier alpha value is -1.51. The molecule has 0 spiro atoms. The van der Waals surface area contributed by atoms with Crippen LogP contribution < -0.4 is 10.1 Å². The smallest absolute Gasteiger partial charge is 0.119 e. The Morgan fingerprint density at radius 3 is 2.39 bits per heavy atom. The third-order valence-electron chi connectivity index (χ3n) is 2.53. The molecule has 0 radical (unpaired) electrons. The van der Waals surface area contributed by atoms with Gasteiger partial charge in [0.15, 0.2) is 0 Å². The van der Waals surface area contributed by atoms with Gasteiger partial charge in [-0.2, -0.15) is 0 Å². The van der Waals surface area contributed by atoms with Gasteiger partial charge in [-0.3, -0.25) is 0 Å². The first-order chi connectivity index (χ1) is 8.84. The summed E-state index contributed by atoms with van der Waals surface area (Å²) in [5.74, 6) is 0.908. The summed E-state index contributed by atoms with van der Waals surface area (Å²) in [6.45, 7) is 2.31. The minimum Gasteiger partial charge on any atom is -0.492 e. The number of hydrogen-bond acceptors (Lipinski definition) is 2. The lowest BCUT2D eigenvalue weighted by atomic mass is 10.2. The van der Waals surface area contributed by atoms with E-state index in [4.69, 9.17) is 16.3 Å². The van der Waals surface area contributed by atoms with Crippen LogP contribution in [0.3, 0.4) is 0 Å². The molecule has 94 valence electrons. The Kier molecular flexibility index (Phi) is 5.06. The van der Waals surface area contributed by atoms with Gasteiger partial charge in [0.2, 0.25) is 0 Å². The molecular weight excluding hydrogens is 246 g/mol. The van der Waals surface area contributed by atoms with E-state index < -0.39 is 0 Å². The van der Waals surface area contributed by atoms with Crippen molar-refractivity contribution in [3.63, 3.8) is 0 Å². The van der Waals surface area contributed by atoms with Crippen LogP contribution in [0.1, 0.15) is 5.56 Å². The Morgan fingerprint density at radius 1 is 0.944 bits per heavy atom. The van der Waals surface area contributed by atoms with Crippen molar-refractivity contribution in [1.82, 2.24) is 5.32 Å². The minimum atomic E-state index is 0.664.